The van der Waals surface area contributed by atoms with Crippen LogP contribution < -0.4 is 0 Å². The second kappa shape index (κ2) is 5.61. The topological polar surface area (TPSA) is 70.5 Å². The number of rotatable bonds is 3. The summed E-state index contributed by atoms with van der Waals surface area (Å²) in [5.41, 5.74) is 9.77. The number of hydrogen-bond donors (Lipinski definition) is 0. The molecular weight excluding hydrogens is 260 g/mol. The summed E-state index contributed by atoms with van der Waals surface area (Å²) in [5, 5.41) is -0.259. The molecule has 0 N–H and O–H groups in total. The standard InChI is InChI=1S/C14H12N2O2S/c15-16-14(11-12-7-3-1-4-8-12)19(17,18)13-9-5-2-6-10-13/h1-10H,11H2. The Bertz CT molecular complexity index is 704. The van der Waals surface area contributed by atoms with Gasteiger partial charge in [0.25, 0.3) is 9.84 Å². The molecule has 0 amide bonds. The molecule has 0 aliphatic heterocycles. The zero-order valence-electron chi connectivity index (χ0n) is 10.1. The zero-order chi connectivity index (χ0) is 13.7. The smallest absolute Gasteiger partial charge is 0.360 e. The van der Waals surface area contributed by atoms with Crippen LogP contribution in [0.3, 0.4) is 0 Å². The van der Waals surface area contributed by atoms with Crippen LogP contribution in [0.15, 0.2) is 65.6 Å². The fraction of sp³-hybridized carbons (Fsp3) is 0.0714. The van der Waals surface area contributed by atoms with E-state index in [2.05, 4.69) is 4.79 Å². The van der Waals surface area contributed by atoms with Crippen LogP contribution in [0.5, 0.6) is 0 Å². The van der Waals surface area contributed by atoms with Crippen LogP contribution in [0.25, 0.3) is 5.53 Å². The Morgan fingerprint density at radius 1 is 0.947 bits per heavy atom. The summed E-state index contributed by atoms with van der Waals surface area (Å²) in [6.45, 7) is 0. The molecule has 0 radical (unpaired) electrons. The maximum atomic E-state index is 12.3. The molecule has 0 aromatic heterocycles. The van der Waals surface area contributed by atoms with Crippen LogP contribution in [0.4, 0.5) is 0 Å². The van der Waals surface area contributed by atoms with Crippen LogP contribution in [-0.4, -0.2) is 18.3 Å². The Hall–Kier alpha value is -2.23. The zero-order valence-corrected chi connectivity index (χ0v) is 10.9. The van der Waals surface area contributed by atoms with E-state index in [1.54, 1.807) is 42.5 Å². The van der Waals surface area contributed by atoms with Gasteiger partial charge in [0, 0.05) is 0 Å². The first-order chi connectivity index (χ1) is 9.14. The molecule has 0 heterocycles. The Labute approximate surface area is 111 Å². The SMILES string of the molecule is [N-]=[N+]=C(Cc1ccccc1)S(=O)(=O)c1ccccc1. The largest absolute Gasteiger partial charge is 0.390 e. The monoisotopic (exact) mass is 272 g/mol. The summed E-state index contributed by atoms with van der Waals surface area (Å²) in [6.07, 6.45) is 0.0641. The van der Waals surface area contributed by atoms with Crippen molar-refractivity contribution in [3.63, 3.8) is 0 Å². The first kappa shape index (κ1) is 13.2. The van der Waals surface area contributed by atoms with Crippen LogP contribution >= 0.6 is 0 Å². The number of sulfone groups is 1. The maximum Gasteiger partial charge on any atom is 0.390 e. The molecule has 5 heteroatoms. The molecule has 0 atom stereocenters. The van der Waals surface area contributed by atoms with Crippen molar-refractivity contribution in [2.24, 2.45) is 0 Å². The lowest BCUT2D eigenvalue weighted by Crippen LogP contribution is -2.18. The van der Waals surface area contributed by atoms with Crippen molar-refractivity contribution in [2.75, 3.05) is 0 Å². The van der Waals surface area contributed by atoms with Gasteiger partial charge in [-0.05, 0) is 17.7 Å². The van der Waals surface area contributed by atoms with E-state index in [4.69, 9.17) is 5.53 Å². The molecule has 4 nitrogen and oxygen atoms in total. The van der Waals surface area contributed by atoms with E-state index in [1.165, 1.54) is 12.1 Å². The molecular formula is C14H12N2O2S. The van der Waals surface area contributed by atoms with Crippen molar-refractivity contribution in [3.05, 3.63) is 71.8 Å². The quantitative estimate of drug-likeness (QED) is 0.372. The minimum absolute atomic E-state index is 0.0641. The first-order valence-electron chi connectivity index (χ1n) is 5.69. The average molecular weight is 272 g/mol. The molecule has 0 spiro atoms. The Morgan fingerprint density at radius 2 is 1.47 bits per heavy atom. The van der Waals surface area contributed by atoms with Crippen molar-refractivity contribution in [1.82, 2.24) is 0 Å². The van der Waals surface area contributed by atoms with E-state index in [0.717, 1.165) is 5.56 Å². The second-order valence-corrected chi connectivity index (χ2v) is 5.92. The molecule has 0 bridgehead atoms. The Balaban J connectivity index is 2.36. The van der Waals surface area contributed by atoms with Gasteiger partial charge in [0.05, 0.1) is 11.3 Å². The molecule has 2 rings (SSSR count). The minimum atomic E-state index is -3.75. The fourth-order valence-corrected chi connectivity index (χ4v) is 2.94. The van der Waals surface area contributed by atoms with Crippen molar-refractivity contribution in [1.29, 1.82) is 0 Å². The summed E-state index contributed by atoms with van der Waals surface area (Å²) in [4.78, 5) is 3.08. The lowest BCUT2D eigenvalue weighted by molar-refractivity contribution is -0.00260. The lowest BCUT2D eigenvalue weighted by atomic mass is 10.2. The average Bonchev–Trinajstić information content (AvgIpc) is 2.46. The lowest BCUT2D eigenvalue weighted by Gasteiger charge is -2.00. The summed E-state index contributed by atoms with van der Waals surface area (Å²) in [5.74, 6) is 0. The molecule has 0 aliphatic carbocycles. The maximum absolute atomic E-state index is 12.3. The van der Waals surface area contributed by atoms with Crippen molar-refractivity contribution in [3.8, 4) is 0 Å². The van der Waals surface area contributed by atoms with Gasteiger partial charge in [0.15, 0.2) is 0 Å². The Kier molecular flexibility index (Phi) is 3.90. The van der Waals surface area contributed by atoms with E-state index in [1.807, 2.05) is 6.07 Å². The van der Waals surface area contributed by atoms with E-state index >= 15 is 0 Å². The minimum Gasteiger partial charge on any atom is -0.360 e. The highest BCUT2D eigenvalue weighted by molar-refractivity contribution is 8.06. The molecule has 2 aromatic carbocycles. The summed E-state index contributed by atoms with van der Waals surface area (Å²) >= 11 is 0. The number of benzene rings is 2. The van der Waals surface area contributed by atoms with Crippen molar-refractivity contribution < 1.29 is 13.2 Å². The summed E-state index contributed by atoms with van der Waals surface area (Å²) in [6, 6.07) is 17.0. The van der Waals surface area contributed by atoms with Gasteiger partial charge < -0.3 is 5.53 Å². The molecule has 0 aliphatic rings. The van der Waals surface area contributed by atoms with Crippen molar-refractivity contribution >= 4 is 14.9 Å². The van der Waals surface area contributed by atoms with E-state index in [-0.39, 0.29) is 16.4 Å². The molecule has 96 valence electrons. The van der Waals surface area contributed by atoms with Crippen LogP contribution in [0, 0.1) is 0 Å². The van der Waals surface area contributed by atoms with Gasteiger partial charge in [-0.3, -0.25) is 0 Å². The Morgan fingerprint density at radius 3 is 2.00 bits per heavy atom. The van der Waals surface area contributed by atoms with Gasteiger partial charge in [-0.15, -0.1) is 0 Å². The predicted molar refractivity (Wildman–Crippen MR) is 72.4 cm³/mol. The van der Waals surface area contributed by atoms with Gasteiger partial charge in [0.1, 0.15) is 0 Å². The molecule has 2 aromatic rings. The van der Waals surface area contributed by atoms with Crippen LogP contribution in [-0.2, 0) is 16.3 Å². The molecule has 0 saturated heterocycles. The molecule has 0 unspecified atom stereocenters. The third-order valence-corrected chi connectivity index (χ3v) is 4.41. The van der Waals surface area contributed by atoms with Crippen molar-refractivity contribution in [2.45, 2.75) is 11.3 Å². The van der Waals surface area contributed by atoms with Gasteiger partial charge in [0.2, 0.25) is 0 Å². The van der Waals surface area contributed by atoms with E-state index < -0.39 is 9.84 Å². The number of hydrogen-bond acceptors (Lipinski definition) is 2. The fourth-order valence-electron chi connectivity index (χ4n) is 1.69. The third-order valence-electron chi connectivity index (χ3n) is 2.67. The summed E-state index contributed by atoms with van der Waals surface area (Å²) in [7, 11) is -3.75. The van der Waals surface area contributed by atoms with Crippen LogP contribution in [0.1, 0.15) is 5.56 Å². The van der Waals surface area contributed by atoms with E-state index in [9.17, 15) is 8.42 Å². The van der Waals surface area contributed by atoms with Gasteiger partial charge >= 0.3 is 5.04 Å². The third kappa shape index (κ3) is 2.96. The molecule has 0 fully saturated rings. The van der Waals surface area contributed by atoms with Gasteiger partial charge in [-0.25, -0.2) is 8.42 Å². The second-order valence-electron chi connectivity index (χ2n) is 3.97. The molecule has 0 saturated carbocycles. The molecule has 19 heavy (non-hydrogen) atoms. The normalized spacial score (nSPS) is 10.7. The highest BCUT2D eigenvalue weighted by Crippen LogP contribution is 2.13. The number of nitrogens with zero attached hydrogens (tertiary/aromatic N) is 2. The predicted octanol–water partition coefficient (Wildman–Crippen LogP) is 2.33. The van der Waals surface area contributed by atoms with Gasteiger partial charge in [-0.2, -0.15) is 4.79 Å². The highest BCUT2D eigenvalue weighted by Gasteiger charge is 2.29. The van der Waals surface area contributed by atoms with Crippen LogP contribution in [0.2, 0.25) is 0 Å². The van der Waals surface area contributed by atoms with Gasteiger partial charge in [-0.1, -0.05) is 48.5 Å². The first-order valence-corrected chi connectivity index (χ1v) is 7.18. The summed E-state index contributed by atoms with van der Waals surface area (Å²) < 4.78 is 24.6. The highest BCUT2D eigenvalue weighted by atomic mass is 32.2. The van der Waals surface area contributed by atoms with E-state index in [0.29, 0.717) is 0 Å².